The number of likely N-dealkylation sites (tertiary alicyclic amines) is 1. The largest absolute Gasteiger partial charge is 0.375 e. The molecule has 0 aromatic carbocycles. The molecule has 23 heavy (non-hydrogen) atoms. The van der Waals surface area contributed by atoms with Crippen LogP contribution in [0.4, 0.5) is 4.79 Å². The molecule has 2 amide bonds. The molecule has 2 fully saturated rings. The number of ether oxygens (including phenoxy) is 1. The molecule has 2 aliphatic rings. The van der Waals surface area contributed by atoms with Crippen LogP contribution >= 0.6 is 0 Å². The quantitative estimate of drug-likeness (QED) is 0.823. The van der Waals surface area contributed by atoms with Gasteiger partial charge in [0.1, 0.15) is 0 Å². The number of piperidine rings is 2. The van der Waals surface area contributed by atoms with Crippen molar-refractivity contribution in [3.63, 3.8) is 0 Å². The average molecular weight is 347 g/mol. The van der Waals surface area contributed by atoms with E-state index in [4.69, 9.17) is 4.74 Å². The van der Waals surface area contributed by atoms with Crippen LogP contribution in [-0.2, 0) is 14.8 Å². The third-order valence-corrected chi connectivity index (χ3v) is 5.70. The Labute approximate surface area is 139 Å². The molecule has 0 unspecified atom stereocenters. The molecule has 2 aliphatic heterocycles. The van der Waals surface area contributed by atoms with Gasteiger partial charge in [0.25, 0.3) is 0 Å². The Morgan fingerprint density at radius 1 is 1.04 bits per heavy atom. The van der Waals surface area contributed by atoms with Crippen molar-refractivity contribution in [2.24, 2.45) is 0 Å². The molecule has 7 nitrogen and oxygen atoms in total. The van der Waals surface area contributed by atoms with Gasteiger partial charge in [-0.15, -0.1) is 0 Å². The molecule has 0 aromatic heterocycles. The van der Waals surface area contributed by atoms with Gasteiger partial charge in [0.05, 0.1) is 18.5 Å². The Morgan fingerprint density at radius 2 is 1.52 bits per heavy atom. The van der Waals surface area contributed by atoms with E-state index >= 15 is 0 Å². The minimum Gasteiger partial charge on any atom is -0.375 e. The normalized spacial score (nSPS) is 22.5. The molecule has 0 aromatic rings. The minimum atomic E-state index is -3.08. The number of nitrogens with one attached hydrogen (secondary N) is 1. The predicted octanol–water partition coefficient (Wildman–Crippen LogP) is 1.01. The second kappa shape index (κ2) is 7.81. The van der Waals surface area contributed by atoms with Crippen molar-refractivity contribution in [2.75, 3.05) is 32.4 Å². The molecule has 0 radical (unpaired) electrons. The first-order valence-corrected chi connectivity index (χ1v) is 10.3. The molecular formula is C15H29N3O4S. The first-order valence-electron chi connectivity index (χ1n) is 8.41. The zero-order valence-electron chi connectivity index (χ0n) is 14.3. The van der Waals surface area contributed by atoms with Crippen molar-refractivity contribution in [2.45, 2.75) is 57.8 Å². The highest BCUT2D eigenvalue weighted by Gasteiger charge is 2.29. The summed E-state index contributed by atoms with van der Waals surface area (Å²) in [6.45, 7) is 6.42. The summed E-state index contributed by atoms with van der Waals surface area (Å²) in [5.41, 5.74) is 0. The lowest BCUT2D eigenvalue weighted by molar-refractivity contribution is -0.0546. The van der Waals surface area contributed by atoms with Crippen LogP contribution in [0.25, 0.3) is 0 Å². The van der Waals surface area contributed by atoms with E-state index in [2.05, 4.69) is 5.32 Å². The standard InChI is InChI=1S/C15H29N3O4S/c1-12(2)16-15(19)17-8-4-13(5-9-17)22-14-6-10-18(11-7-14)23(3,20)21/h12-14H,4-11H2,1-3H3,(H,16,19). The van der Waals surface area contributed by atoms with Crippen molar-refractivity contribution < 1.29 is 17.9 Å². The van der Waals surface area contributed by atoms with Crippen LogP contribution in [-0.4, -0.2) is 74.3 Å². The highest BCUT2D eigenvalue weighted by Crippen LogP contribution is 2.22. The number of carbonyl (C=O) groups excluding carboxylic acids is 1. The van der Waals surface area contributed by atoms with Crippen molar-refractivity contribution in [1.82, 2.24) is 14.5 Å². The maximum atomic E-state index is 11.9. The molecule has 134 valence electrons. The summed E-state index contributed by atoms with van der Waals surface area (Å²) in [5, 5.41) is 2.91. The van der Waals surface area contributed by atoms with E-state index < -0.39 is 10.0 Å². The Balaban J connectivity index is 1.70. The van der Waals surface area contributed by atoms with Gasteiger partial charge in [-0.25, -0.2) is 17.5 Å². The molecule has 0 bridgehead atoms. The van der Waals surface area contributed by atoms with E-state index in [-0.39, 0.29) is 24.3 Å². The lowest BCUT2D eigenvalue weighted by Gasteiger charge is -2.36. The topological polar surface area (TPSA) is 79.0 Å². The Hall–Kier alpha value is -0.860. The van der Waals surface area contributed by atoms with Crippen LogP contribution in [0.5, 0.6) is 0 Å². The summed E-state index contributed by atoms with van der Waals surface area (Å²) in [6, 6.07) is 0.149. The summed E-state index contributed by atoms with van der Waals surface area (Å²) in [7, 11) is -3.08. The van der Waals surface area contributed by atoms with Gasteiger partial charge >= 0.3 is 6.03 Å². The maximum absolute atomic E-state index is 11.9. The van der Waals surface area contributed by atoms with Gasteiger partial charge in [-0.3, -0.25) is 0 Å². The number of hydrogen-bond donors (Lipinski definition) is 1. The Morgan fingerprint density at radius 3 is 1.96 bits per heavy atom. The van der Waals surface area contributed by atoms with E-state index in [1.54, 1.807) is 0 Å². The SMILES string of the molecule is CC(C)NC(=O)N1CCC(OC2CCN(S(C)(=O)=O)CC2)CC1. The van der Waals surface area contributed by atoms with Gasteiger partial charge in [0, 0.05) is 32.2 Å². The first-order chi connectivity index (χ1) is 10.8. The fraction of sp³-hybridized carbons (Fsp3) is 0.933. The molecule has 2 heterocycles. The van der Waals surface area contributed by atoms with Crippen LogP contribution in [0.15, 0.2) is 0 Å². The number of carbonyl (C=O) groups is 1. The zero-order valence-corrected chi connectivity index (χ0v) is 15.1. The number of rotatable bonds is 4. The summed E-state index contributed by atoms with van der Waals surface area (Å²) < 4.78 is 30.6. The second-order valence-corrected chi connectivity index (χ2v) is 8.77. The number of hydrogen-bond acceptors (Lipinski definition) is 4. The van der Waals surface area contributed by atoms with Gasteiger partial charge in [0.15, 0.2) is 0 Å². The van der Waals surface area contributed by atoms with Gasteiger partial charge in [0.2, 0.25) is 10.0 Å². The lowest BCUT2D eigenvalue weighted by atomic mass is 10.1. The molecule has 2 saturated heterocycles. The molecule has 0 spiro atoms. The van der Waals surface area contributed by atoms with Crippen molar-refractivity contribution in [3.8, 4) is 0 Å². The molecule has 8 heteroatoms. The first kappa shape index (κ1) is 18.5. The lowest BCUT2D eigenvalue weighted by Crippen LogP contribution is -2.48. The second-order valence-electron chi connectivity index (χ2n) is 6.79. The highest BCUT2D eigenvalue weighted by molar-refractivity contribution is 7.88. The fourth-order valence-electron chi connectivity index (χ4n) is 3.11. The van der Waals surface area contributed by atoms with Gasteiger partial charge in [-0.2, -0.15) is 0 Å². The molecule has 1 N–H and O–H groups in total. The average Bonchev–Trinajstić information content (AvgIpc) is 2.47. The molecule has 2 rings (SSSR count). The third kappa shape index (κ3) is 5.61. The van der Waals surface area contributed by atoms with E-state index in [1.807, 2.05) is 18.7 Å². The number of sulfonamides is 1. The van der Waals surface area contributed by atoms with Crippen molar-refractivity contribution in [1.29, 1.82) is 0 Å². The van der Waals surface area contributed by atoms with Crippen molar-refractivity contribution >= 4 is 16.1 Å². The summed E-state index contributed by atoms with van der Waals surface area (Å²) in [5.74, 6) is 0. The Kier molecular flexibility index (Phi) is 6.27. The van der Waals surface area contributed by atoms with E-state index in [0.717, 1.165) is 25.7 Å². The summed E-state index contributed by atoms with van der Waals surface area (Å²) >= 11 is 0. The predicted molar refractivity (Wildman–Crippen MR) is 88.8 cm³/mol. The van der Waals surface area contributed by atoms with Crippen LogP contribution in [0, 0.1) is 0 Å². The van der Waals surface area contributed by atoms with Gasteiger partial charge in [-0.05, 0) is 39.5 Å². The number of urea groups is 1. The van der Waals surface area contributed by atoms with Gasteiger partial charge in [-0.1, -0.05) is 0 Å². The maximum Gasteiger partial charge on any atom is 0.317 e. The summed E-state index contributed by atoms with van der Waals surface area (Å²) in [4.78, 5) is 13.8. The summed E-state index contributed by atoms with van der Waals surface area (Å²) in [6.07, 6.45) is 4.76. The van der Waals surface area contributed by atoms with Crippen LogP contribution in [0.1, 0.15) is 39.5 Å². The number of amides is 2. The molecule has 0 saturated carbocycles. The molecule has 0 aliphatic carbocycles. The monoisotopic (exact) mass is 347 g/mol. The number of nitrogens with zero attached hydrogens (tertiary/aromatic N) is 2. The molecule has 0 atom stereocenters. The smallest absolute Gasteiger partial charge is 0.317 e. The third-order valence-electron chi connectivity index (χ3n) is 4.40. The van der Waals surface area contributed by atoms with Crippen LogP contribution in [0.2, 0.25) is 0 Å². The fourth-order valence-corrected chi connectivity index (χ4v) is 3.98. The zero-order chi connectivity index (χ0) is 17.0. The molecular weight excluding hydrogens is 318 g/mol. The van der Waals surface area contributed by atoms with Gasteiger partial charge < -0.3 is 15.0 Å². The Bertz CT molecular complexity index is 493. The highest BCUT2D eigenvalue weighted by atomic mass is 32.2. The van der Waals surface area contributed by atoms with E-state index in [1.165, 1.54) is 10.6 Å². The van der Waals surface area contributed by atoms with E-state index in [9.17, 15) is 13.2 Å². The van der Waals surface area contributed by atoms with Crippen molar-refractivity contribution in [3.05, 3.63) is 0 Å². The minimum absolute atomic E-state index is 0.0000828. The van der Waals surface area contributed by atoms with E-state index in [0.29, 0.717) is 26.2 Å². The van der Waals surface area contributed by atoms with Crippen LogP contribution < -0.4 is 5.32 Å². The van der Waals surface area contributed by atoms with Crippen LogP contribution in [0.3, 0.4) is 0 Å².